The lowest BCUT2D eigenvalue weighted by Crippen LogP contribution is -2.28. The van der Waals surface area contributed by atoms with Crippen LogP contribution in [0.2, 0.25) is 0 Å². The number of carbonyl (C=O) groups excluding carboxylic acids is 1. The van der Waals surface area contributed by atoms with Crippen molar-refractivity contribution in [2.45, 2.75) is 18.0 Å². The first kappa shape index (κ1) is 18.6. The van der Waals surface area contributed by atoms with Crippen LogP contribution in [0.3, 0.4) is 0 Å². The second-order valence-corrected chi connectivity index (χ2v) is 8.05. The summed E-state index contributed by atoms with van der Waals surface area (Å²) in [4.78, 5) is 19.8. The molecule has 1 aliphatic rings. The Morgan fingerprint density at radius 1 is 0.867 bits per heavy atom. The van der Waals surface area contributed by atoms with Crippen molar-refractivity contribution >= 4 is 29.0 Å². The van der Waals surface area contributed by atoms with Crippen LogP contribution in [0.4, 0.5) is 11.4 Å². The van der Waals surface area contributed by atoms with Gasteiger partial charge in [-0.2, -0.15) is 0 Å². The maximum atomic E-state index is 13.4. The lowest BCUT2D eigenvalue weighted by Gasteiger charge is -2.24. The molecule has 1 aliphatic heterocycles. The maximum Gasteiger partial charge on any atom is 0.242 e. The molecule has 6 heteroatoms. The molecule has 3 aromatic carbocycles. The molecule has 0 radical (unpaired) electrons. The predicted molar refractivity (Wildman–Crippen MR) is 120 cm³/mol. The molecule has 4 aromatic rings. The van der Waals surface area contributed by atoms with E-state index in [0.717, 1.165) is 29.8 Å². The fourth-order valence-electron chi connectivity index (χ4n) is 3.78. The Hall–Kier alpha value is -3.38. The van der Waals surface area contributed by atoms with Crippen LogP contribution in [0.5, 0.6) is 0 Å². The van der Waals surface area contributed by atoms with E-state index in [1.165, 1.54) is 22.9 Å². The van der Waals surface area contributed by atoms with Crippen LogP contribution in [0.1, 0.15) is 11.1 Å². The number of anilines is 2. The first-order valence-corrected chi connectivity index (χ1v) is 10.9. The van der Waals surface area contributed by atoms with Gasteiger partial charge in [0.25, 0.3) is 0 Å². The lowest BCUT2D eigenvalue weighted by molar-refractivity contribution is -0.115. The largest absolute Gasteiger partial charge is 0.280 e. The van der Waals surface area contributed by atoms with Crippen molar-refractivity contribution in [3.05, 3.63) is 90.0 Å². The number of aromatic amines is 1. The lowest BCUT2D eigenvalue weighted by atomic mass is 10.0. The van der Waals surface area contributed by atoms with Gasteiger partial charge in [-0.1, -0.05) is 78.5 Å². The minimum atomic E-state index is 0.0212. The summed E-state index contributed by atoms with van der Waals surface area (Å²) in [6, 6.07) is 26.2. The third kappa shape index (κ3) is 3.62. The number of hydrogen-bond acceptors (Lipinski definition) is 4. The summed E-state index contributed by atoms with van der Waals surface area (Å²) in [5.41, 5.74) is 5.28. The van der Waals surface area contributed by atoms with Gasteiger partial charge in [-0.05, 0) is 36.1 Å². The molecule has 148 valence electrons. The molecule has 1 N–H and O–H groups in total. The van der Waals surface area contributed by atoms with Crippen LogP contribution in [-0.4, -0.2) is 26.8 Å². The van der Waals surface area contributed by atoms with E-state index in [2.05, 4.69) is 27.3 Å². The van der Waals surface area contributed by atoms with Gasteiger partial charge in [-0.25, -0.2) is 4.98 Å². The van der Waals surface area contributed by atoms with E-state index in [-0.39, 0.29) is 11.7 Å². The molecule has 0 saturated heterocycles. The summed E-state index contributed by atoms with van der Waals surface area (Å²) in [7, 11) is 0. The quantitative estimate of drug-likeness (QED) is 0.478. The second kappa shape index (κ2) is 8.16. The fraction of sp³-hybridized carbons (Fsp3) is 0.125. The SMILES string of the molecule is O=C(CSc1n[nH]c(-c2ccccc2)n1)N1c2ccccc2CCc2ccccc21. The van der Waals surface area contributed by atoms with E-state index in [9.17, 15) is 4.79 Å². The molecule has 5 rings (SSSR count). The number of H-pyrrole nitrogens is 1. The van der Waals surface area contributed by atoms with Crippen LogP contribution in [0, 0.1) is 0 Å². The molecule has 0 fully saturated rings. The number of hydrogen-bond donors (Lipinski definition) is 1. The normalized spacial score (nSPS) is 12.7. The van der Waals surface area contributed by atoms with Gasteiger partial charge in [0, 0.05) is 5.56 Å². The number of amides is 1. The highest BCUT2D eigenvalue weighted by Crippen LogP contribution is 2.36. The first-order valence-electron chi connectivity index (χ1n) is 9.89. The van der Waals surface area contributed by atoms with E-state index in [1.807, 2.05) is 71.6 Å². The summed E-state index contributed by atoms with van der Waals surface area (Å²) in [5, 5.41) is 7.80. The van der Waals surface area contributed by atoms with Crippen molar-refractivity contribution in [3.8, 4) is 11.4 Å². The summed E-state index contributed by atoms with van der Waals surface area (Å²) in [6.45, 7) is 0. The van der Waals surface area contributed by atoms with Crippen molar-refractivity contribution in [2.24, 2.45) is 0 Å². The smallest absolute Gasteiger partial charge is 0.242 e. The van der Waals surface area contributed by atoms with Crippen LogP contribution < -0.4 is 4.90 Å². The third-order valence-corrected chi connectivity index (χ3v) is 6.05. The molecule has 0 atom stereocenters. The molecule has 5 nitrogen and oxygen atoms in total. The van der Waals surface area contributed by atoms with Crippen molar-refractivity contribution in [1.82, 2.24) is 15.2 Å². The van der Waals surface area contributed by atoms with Gasteiger partial charge in [0.15, 0.2) is 5.82 Å². The number of nitrogens with zero attached hydrogens (tertiary/aromatic N) is 3. The number of nitrogens with one attached hydrogen (secondary N) is 1. The number of aromatic nitrogens is 3. The van der Waals surface area contributed by atoms with Gasteiger partial charge in [-0.3, -0.25) is 14.8 Å². The standard InChI is InChI=1S/C24H20N4OS/c29-22(16-30-24-25-23(26-27-24)19-10-2-1-3-11-19)28-20-12-6-4-8-17(20)14-15-18-9-5-7-13-21(18)28/h1-13H,14-16H2,(H,25,26,27). The first-order chi connectivity index (χ1) is 14.8. The number of benzene rings is 3. The Bertz CT molecular complexity index is 1140. The van der Waals surface area contributed by atoms with Crippen LogP contribution in [0.25, 0.3) is 11.4 Å². The molecule has 2 heterocycles. The summed E-state index contributed by atoms with van der Waals surface area (Å²) >= 11 is 1.35. The zero-order valence-electron chi connectivity index (χ0n) is 16.3. The maximum absolute atomic E-state index is 13.4. The molecule has 0 spiro atoms. The van der Waals surface area contributed by atoms with E-state index < -0.39 is 0 Å². The van der Waals surface area contributed by atoms with E-state index in [4.69, 9.17) is 0 Å². The zero-order valence-corrected chi connectivity index (χ0v) is 17.1. The van der Waals surface area contributed by atoms with E-state index in [1.54, 1.807) is 0 Å². The van der Waals surface area contributed by atoms with Crippen LogP contribution in [-0.2, 0) is 17.6 Å². The van der Waals surface area contributed by atoms with Crippen LogP contribution >= 0.6 is 11.8 Å². The number of fused-ring (bicyclic) bond motifs is 2. The summed E-state index contributed by atoms with van der Waals surface area (Å²) in [5.74, 6) is 0.984. The highest BCUT2D eigenvalue weighted by atomic mass is 32.2. The van der Waals surface area contributed by atoms with Gasteiger partial charge in [0.1, 0.15) is 0 Å². The predicted octanol–water partition coefficient (Wildman–Crippen LogP) is 5.03. The van der Waals surface area contributed by atoms with Crippen molar-refractivity contribution < 1.29 is 4.79 Å². The second-order valence-electron chi connectivity index (χ2n) is 7.11. The Morgan fingerprint density at radius 3 is 2.13 bits per heavy atom. The highest BCUT2D eigenvalue weighted by Gasteiger charge is 2.25. The molecule has 0 unspecified atom stereocenters. The van der Waals surface area contributed by atoms with Crippen molar-refractivity contribution in [3.63, 3.8) is 0 Å². The Kier molecular flexibility index (Phi) is 5.07. The van der Waals surface area contributed by atoms with E-state index >= 15 is 0 Å². The molecular weight excluding hydrogens is 392 g/mol. The molecule has 30 heavy (non-hydrogen) atoms. The zero-order chi connectivity index (χ0) is 20.3. The van der Waals surface area contributed by atoms with Gasteiger partial charge in [0.05, 0.1) is 17.1 Å². The molecule has 1 aromatic heterocycles. The number of para-hydroxylation sites is 2. The average molecular weight is 413 g/mol. The number of rotatable bonds is 4. The highest BCUT2D eigenvalue weighted by molar-refractivity contribution is 7.99. The Labute approximate surface area is 179 Å². The summed E-state index contributed by atoms with van der Waals surface area (Å²) in [6.07, 6.45) is 1.84. The van der Waals surface area contributed by atoms with Crippen LogP contribution in [0.15, 0.2) is 84.0 Å². The van der Waals surface area contributed by atoms with Gasteiger partial charge in [-0.15, -0.1) is 5.10 Å². The average Bonchev–Trinajstić information content (AvgIpc) is 3.21. The van der Waals surface area contributed by atoms with E-state index in [0.29, 0.717) is 11.0 Å². The minimum Gasteiger partial charge on any atom is -0.280 e. The molecule has 1 amide bonds. The van der Waals surface area contributed by atoms with Gasteiger partial charge >= 0.3 is 0 Å². The Balaban J connectivity index is 1.40. The fourth-order valence-corrected chi connectivity index (χ4v) is 4.42. The molecule has 0 aliphatic carbocycles. The Morgan fingerprint density at radius 2 is 1.47 bits per heavy atom. The van der Waals surface area contributed by atoms with Crippen molar-refractivity contribution in [2.75, 3.05) is 10.7 Å². The van der Waals surface area contributed by atoms with Crippen molar-refractivity contribution in [1.29, 1.82) is 0 Å². The number of thioether (sulfide) groups is 1. The molecular formula is C24H20N4OS. The molecule has 0 bridgehead atoms. The number of aryl methyl sites for hydroxylation is 2. The number of carbonyl (C=O) groups is 1. The third-order valence-electron chi connectivity index (χ3n) is 5.21. The van der Waals surface area contributed by atoms with Gasteiger partial charge < -0.3 is 0 Å². The van der Waals surface area contributed by atoms with Gasteiger partial charge in [0.2, 0.25) is 11.1 Å². The minimum absolute atomic E-state index is 0.0212. The monoisotopic (exact) mass is 412 g/mol. The summed E-state index contributed by atoms with van der Waals surface area (Å²) < 4.78 is 0. The molecule has 0 saturated carbocycles. The topological polar surface area (TPSA) is 61.9 Å².